The number of fused-ring (bicyclic) bond motifs is 1. The lowest BCUT2D eigenvalue weighted by molar-refractivity contribution is 0.140. The zero-order valence-corrected chi connectivity index (χ0v) is 15.9. The number of sulfone groups is 1. The SMILES string of the molecule is CS(=O)(=O)c1ccc(OCCn2c(C(F)F)cc3c(Cl)c(N)ccc32)cc1. The molecular weight excluding hydrogens is 398 g/mol. The van der Waals surface area contributed by atoms with Crippen molar-refractivity contribution in [3.8, 4) is 5.75 Å². The Morgan fingerprint density at radius 1 is 1.19 bits per heavy atom. The second-order valence-electron chi connectivity index (χ2n) is 6.02. The van der Waals surface area contributed by atoms with Crippen molar-refractivity contribution in [1.29, 1.82) is 0 Å². The smallest absolute Gasteiger partial charge is 0.278 e. The maximum atomic E-state index is 13.4. The third kappa shape index (κ3) is 4.01. The molecule has 0 aliphatic rings. The van der Waals surface area contributed by atoms with Crippen LogP contribution in [0, 0.1) is 0 Å². The number of ether oxygens (including phenoxy) is 1. The first kappa shape index (κ1) is 19.4. The Hall–Kier alpha value is -2.32. The number of anilines is 1. The van der Waals surface area contributed by atoms with Gasteiger partial charge in [0.25, 0.3) is 6.43 Å². The quantitative estimate of drug-likeness (QED) is 0.610. The van der Waals surface area contributed by atoms with Gasteiger partial charge in [0.1, 0.15) is 12.4 Å². The molecule has 1 aromatic heterocycles. The zero-order valence-electron chi connectivity index (χ0n) is 14.3. The molecule has 5 nitrogen and oxygen atoms in total. The molecule has 0 fully saturated rings. The lowest BCUT2D eigenvalue weighted by atomic mass is 10.2. The highest BCUT2D eigenvalue weighted by Gasteiger charge is 2.19. The first-order chi connectivity index (χ1) is 12.7. The molecule has 27 heavy (non-hydrogen) atoms. The number of nitrogens with zero attached hydrogens (tertiary/aromatic N) is 1. The standard InChI is InChI=1S/C18H17ClF2N2O3S/c1-27(24,25)12-4-2-11(3-5-12)26-9-8-23-15-7-6-14(22)17(19)13(15)10-16(23)18(20)21/h2-7,10,18H,8-9,22H2,1H3. The molecule has 0 spiro atoms. The second-order valence-corrected chi connectivity index (χ2v) is 8.41. The molecule has 3 aromatic rings. The minimum atomic E-state index is -3.29. The third-order valence-electron chi connectivity index (χ3n) is 4.14. The molecular formula is C18H17ClF2N2O3S. The highest BCUT2D eigenvalue weighted by atomic mass is 35.5. The summed E-state index contributed by atoms with van der Waals surface area (Å²) >= 11 is 6.13. The van der Waals surface area contributed by atoms with Crippen LogP contribution in [0.5, 0.6) is 5.75 Å². The van der Waals surface area contributed by atoms with Crippen molar-refractivity contribution < 1.29 is 21.9 Å². The van der Waals surface area contributed by atoms with Crippen molar-refractivity contribution in [1.82, 2.24) is 4.57 Å². The van der Waals surface area contributed by atoms with E-state index in [-0.39, 0.29) is 28.8 Å². The summed E-state index contributed by atoms with van der Waals surface area (Å²) in [7, 11) is -3.29. The number of nitrogen functional groups attached to an aromatic ring is 1. The molecule has 0 atom stereocenters. The van der Waals surface area contributed by atoms with Gasteiger partial charge in [0.2, 0.25) is 0 Å². The number of halogens is 3. The van der Waals surface area contributed by atoms with Gasteiger partial charge in [-0.05, 0) is 42.5 Å². The van der Waals surface area contributed by atoms with Gasteiger partial charge in [-0.3, -0.25) is 0 Å². The summed E-state index contributed by atoms with van der Waals surface area (Å²) < 4.78 is 56.7. The van der Waals surface area contributed by atoms with Gasteiger partial charge >= 0.3 is 0 Å². The largest absolute Gasteiger partial charge is 0.492 e. The fraction of sp³-hybridized carbons (Fsp3) is 0.222. The van der Waals surface area contributed by atoms with Crippen LogP contribution in [0.1, 0.15) is 12.1 Å². The Morgan fingerprint density at radius 3 is 2.44 bits per heavy atom. The van der Waals surface area contributed by atoms with E-state index >= 15 is 0 Å². The van der Waals surface area contributed by atoms with Crippen molar-refractivity contribution in [3.63, 3.8) is 0 Å². The predicted molar refractivity (Wildman–Crippen MR) is 101 cm³/mol. The van der Waals surface area contributed by atoms with E-state index in [1.807, 2.05) is 0 Å². The van der Waals surface area contributed by atoms with Gasteiger partial charge in [-0.2, -0.15) is 0 Å². The molecule has 2 N–H and O–H groups in total. The molecule has 0 radical (unpaired) electrons. The summed E-state index contributed by atoms with van der Waals surface area (Å²) in [4.78, 5) is 0.179. The van der Waals surface area contributed by atoms with Crippen LogP contribution in [-0.4, -0.2) is 25.8 Å². The fourth-order valence-electron chi connectivity index (χ4n) is 2.81. The lowest BCUT2D eigenvalue weighted by Gasteiger charge is -2.12. The van der Waals surface area contributed by atoms with E-state index < -0.39 is 16.3 Å². The molecule has 3 rings (SSSR count). The van der Waals surface area contributed by atoms with Crippen LogP contribution < -0.4 is 10.5 Å². The average molecular weight is 415 g/mol. The second kappa shape index (κ2) is 7.36. The van der Waals surface area contributed by atoms with E-state index in [9.17, 15) is 17.2 Å². The maximum absolute atomic E-state index is 13.4. The number of benzene rings is 2. The average Bonchev–Trinajstić information content (AvgIpc) is 2.97. The zero-order chi connectivity index (χ0) is 19.8. The fourth-order valence-corrected chi connectivity index (χ4v) is 3.65. The number of nitrogens with two attached hydrogens (primary N) is 1. The highest BCUT2D eigenvalue weighted by Crippen LogP contribution is 2.34. The van der Waals surface area contributed by atoms with Gasteiger partial charge < -0.3 is 15.0 Å². The molecule has 0 unspecified atom stereocenters. The molecule has 0 saturated carbocycles. The summed E-state index contributed by atoms with van der Waals surface area (Å²) in [6.45, 7) is 0.279. The molecule has 0 aliphatic heterocycles. The Kier molecular flexibility index (Phi) is 5.30. The summed E-state index contributed by atoms with van der Waals surface area (Å²) in [6.07, 6.45) is -1.56. The van der Waals surface area contributed by atoms with E-state index in [2.05, 4.69) is 0 Å². The molecule has 0 amide bonds. The molecule has 0 aliphatic carbocycles. The van der Waals surface area contributed by atoms with Gasteiger partial charge in [-0.25, -0.2) is 17.2 Å². The Bertz CT molecular complexity index is 1080. The summed E-state index contributed by atoms with van der Waals surface area (Å²) in [6, 6.07) is 10.5. The summed E-state index contributed by atoms with van der Waals surface area (Å²) in [5, 5.41) is 0.704. The van der Waals surface area contributed by atoms with Crippen molar-refractivity contribution in [2.75, 3.05) is 18.6 Å². The number of alkyl halides is 2. The van der Waals surface area contributed by atoms with E-state index in [4.69, 9.17) is 22.1 Å². The topological polar surface area (TPSA) is 74.3 Å². The Morgan fingerprint density at radius 2 is 1.85 bits per heavy atom. The van der Waals surface area contributed by atoms with Crippen LogP contribution in [0.25, 0.3) is 10.9 Å². The molecule has 2 aromatic carbocycles. The van der Waals surface area contributed by atoms with E-state index in [1.165, 1.54) is 34.9 Å². The Labute approximate surface area is 160 Å². The monoisotopic (exact) mass is 414 g/mol. The minimum Gasteiger partial charge on any atom is -0.492 e. The first-order valence-corrected chi connectivity index (χ1v) is 10.2. The predicted octanol–water partition coefficient (Wildman–Crippen LogP) is 4.30. The lowest BCUT2D eigenvalue weighted by Crippen LogP contribution is -2.11. The van der Waals surface area contributed by atoms with Gasteiger partial charge in [-0.15, -0.1) is 0 Å². The van der Waals surface area contributed by atoms with E-state index in [0.717, 1.165) is 6.26 Å². The number of rotatable bonds is 6. The van der Waals surface area contributed by atoms with Crippen LogP contribution in [0.15, 0.2) is 47.4 Å². The number of hydrogen-bond acceptors (Lipinski definition) is 4. The van der Waals surface area contributed by atoms with Crippen LogP contribution >= 0.6 is 11.6 Å². The van der Waals surface area contributed by atoms with Crippen LogP contribution in [-0.2, 0) is 16.4 Å². The number of hydrogen-bond donors (Lipinski definition) is 1. The maximum Gasteiger partial charge on any atom is 0.278 e. The van der Waals surface area contributed by atoms with E-state index in [1.54, 1.807) is 12.1 Å². The minimum absolute atomic E-state index is 0.115. The van der Waals surface area contributed by atoms with Gasteiger partial charge in [0, 0.05) is 11.6 Å². The van der Waals surface area contributed by atoms with Gasteiger partial charge in [0.05, 0.1) is 33.4 Å². The van der Waals surface area contributed by atoms with Crippen LogP contribution in [0.4, 0.5) is 14.5 Å². The molecule has 9 heteroatoms. The summed E-state index contributed by atoms with van der Waals surface area (Å²) in [5.41, 5.74) is 6.44. The highest BCUT2D eigenvalue weighted by molar-refractivity contribution is 7.90. The van der Waals surface area contributed by atoms with Crippen molar-refractivity contribution in [3.05, 3.63) is 53.2 Å². The van der Waals surface area contributed by atoms with E-state index in [0.29, 0.717) is 22.3 Å². The van der Waals surface area contributed by atoms with Crippen molar-refractivity contribution in [2.24, 2.45) is 0 Å². The summed E-state index contributed by atoms with van der Waals surface area (Å²) in [5.74, 6) is 0.444. The third-order valence-corrected chi connectivity index (χ3v) is 5.69. The van der Waals surface area contributed by atoms with Crippen molar-refractivity contribution >= 4 is 38.0 Å². The van der Waals surface area contributed by atoms with Crippen LogP contribution in [0.2, 0.25) is 5.02 Å². The molecule has 1 heterocycles. The van der Waals surface area contributed by atoms with Gasteiger partial charge in [0.15, 0.2) is 9.84 Å². The molecule has 144 valence electrons. The number of aromatic nitrogens is 1. The molecule has 0 bridgehead atoms. The Balaban J connectivity index is 1.80. The van der Waals surface area contributed by atoms with Crippen LogP contribution in [0.3, 0.4) is 0 Å². The normalized spacial score (nSPS) is 12.0. The molecule has 0 saturated heterocycles. The van der Waals surface area contributed by atoms with Gasteiger partial charge in [-0.1, -0.05) is 11.6 Å². The first-order valence-electron chi connectivity index (χ1n) is 7.96. The van der Waals surface area contributed by atoms with Crippen molar-refractivity contribution in [2.45, 2.75) is 17.9 Å².